The maximum Gasteiger partial charge on any atom is 0.339 e. The second-order valence-electron chi connectivity index (χ2n) is 9.70. The minimum atomic E-state index is -0.628. The fourth-order valence-electron chi connectivity index (χ4n) is 5.42. The molecule has 0 N–H and O–H groups in total. The SMILES string of the molecule is Cc1ccc(C(=O)c2ccccc2C(=O)OCC(=O)N(C2CCCCC2)C2CCCCC2)cc1. The molecule has 180 valence electrons. The summed E-state index contributed by atoms with van der Waals surface area (Å²) in [5.74, 6) is -0.962. The first kappa shape index (κ1) is 24.2. The Morgan fingerprint density at radius 1 is 0.765 bits per heavy atom. The minimum Gasteiger partial charge on any atom is -0.452 e. The van der Waals surface area contributed by atoms with Crippen LogP contribution in [0.1, 0.15) is 96.1 Å². The van der Waals surface area contributed by atoms with E-state index in [4.69, 9.17) is 4.74 Å². The van der Waals surface area contributed by atoms with Gasteiger partial charge in [0.05, 0.1) is 5.56 Å². The van der Waals surface area contributed by atoms with Crippen molar-refractivity contribution in [2.24, 2.45) is 0 Å². The quantitative estimate of drug-likeness (QED) is 0.382. The van der Waals surface area contributed by atoms with Gasteiger partial charge >= 0.3 is 5.97 Å². The number of carbonyl (C=O) groups is 3. The number of esters is 1. The Labute approximate surface area is 202 Å². The van der Waals surface area contributed by atoms with Crippen molar-refractivity contribution >= 4 is 17.7 Å². The first-order valence-corrected chi connectivity index (χ1v) is 12.7. The highest BCUT2D eigenvalue weighted by molar-refractivity contribution is 6.14. The second kappa shape index (κ2) is 11.5. The van der Waals surface area contributed by atoms with Gasteiger partial charge < -0.3 is 9.64 Å². The number of hydrogen-bond acceptors (Lipinski definition) is 4. The molecule has 2 fully saturated rings. The zero-order chi connectivity index (χ0) is 23.9. The standard InChI is InChI=1S/C29H35NO4/c1-21-16-18-22(19-17-21)28(32)25-14-8-9-15-26(25)29(33)34-20-27(31)30(23-10-4-2-5-11-23)24-12-6-3-7-13-24/h8-9,14-19,23-24H,2-7,10-13,20H2,1H3. The summed E-state index contributed by atoms with van der Waals surface area (Å²) in [5.41, 5.74) is 2.06. The predicted octanol–water partition coefficient (Wildman–Crippen LogP) is 5.88. The van der Waals surface area contributed by atoms with E-state index in [9.17, 15) is 14.4 Å². The summed E-state index contributed by atoms with van der Waals surface area (Å²) in [4.78, 5) is 41.4. The molecule has 0 bridgehead atoms. The van der Waals surface area contributed by atoms with E-state index >= 15 is 0 Å². The molecule has 5 heteroatoms. The number of carbonyl (C=O) groups excluding carboxylic acids is 3. The molecule has 0 unspecified atom stereocenters. The number of amides is 1. The molecule has 0 saturated heterocycles. The van der Waals surface area contributed by atoms with Gasteiger partial charge in [-0.25, -0.2) is 4.79 Å². The van der Waals surface area contributed by atoms with Crippen molar-refractivity contribution in [3.8, 4) is 0 Å². The maximum absolute atomic E-state index is 13.3. The molecule has 34 heavy (non-hydrogen) atoms. The van der Waals surface area contributed by atoms with E-state index in [1.807, 2.05) is 19.1 Å². The predicted molar refractivity (Wildman–Crippen MR) is 132 cm³/mol. The van der Waals surface area contributed by atoms with Crippen molar-refractivity contribution in [1.82, 2.24) is 4.90 Å². The molecule has 2 saturated carbocycles. The van der Waals surface area contributed by atoms with Gasteiger partial charge in [0.15, 0.2) is 12.4 Å². The van der Waals surface area contributed by atoms with Gasteiger partial charge in [0, 0.05) is 23.2 Å². The third-order valence-corrected chi connectivity index (χ3v) is 7.26. The summed E-state index contributed by atoms with van der Waals surface area (Å²) in [6, 6.07) is 14.4. The maximum atomic E-state index is 13.3. The molecule has 0 atom stereocenters. The van der Waals surface area contributed by atoms with Crippen molar-refractivity contribution in [3.05, 3.63) is 70.8 Å². The third-order valence-electron chi connectivity index (χ3n) is 7.26. The molecule has 5 nitrogen and oxygen atoms in total. The van der Waals surface area contributed by atoms with Gasteiger partial charge in [0.25, 0.3) is 5.91 Å². The van der Waals surface area contributed by atoms with Crippen LogP contribution in [0.25, 0.3) is 0 Å². The molecular formula is C29H35NO4. The average molecular weight is 462 g/mol. The van der Waals surface area contributed by atoms with E-state index in [0.29, 0.717) is 11.1 Å². The molecule has 0 aromatic heterocycles. The third kappa shape index (κ3) is 5.75. The highest BCUT2D eigenvalue weighted by atomic mass is 16.5. The topological polar surface area (TPSA) is 63.7 Å². The van der Waals surface area contributed by atoms with Gasteiger partial charge in [-0.05, 0) is 38.7 Å². The van der Waals surface area contributed by atoms with Crippen LogP contribution >= 0.6 is 0 Å². The number of ketones is 1. The summed E-state index contributed by atoms with van der Waals surface area (Å²) in [7, 11) is 0. The Bertz CT molecular complexity index is 983. The van der Waals surface area contributed by atoms with Crippen LogP contribution in [0.5, 0.6) is 0 Å². The van der Waals surface area contributed by atoms with E-state index in [1.54, 1.807) is 36.4 Å². The molecule has 0 radical (unpaired) electrons. The van der Waals surface area contributed by atoms with Crippen LogP contribution in [0.2, 0.25) is 0 Å². The molecule has 1 amide bonds. The van der Waals surface area contributed by atoms with E-state index in [2.05, 4.69) is 4.90 Å². The number of hydrogen-bond donors (Lipinski definition) is 0. The first-order valence-electron chi connectivity index (χ1n) is 12.7. The Kier molecular flexibility index (Phi) is 8.15. The molecule has 0 heterocycles. The van der Waals surface area contributed by atoms with E-state index in [-0.39, 0.29) is 35.9 Å². The van der Waals surface area contributed by atoms with E-state index < -0.39 is 5.97 Å². The van der Waals surface area contributed by atoms with Crippen LogP contribution < -0.4 is 0 Å². The smallest absolute Gasteiger partial charge is 0.339 e. The molecular weight excluding hydrogens is 426 g/mol. The first-order chi connectivity index (χ1) is 16.5. The number of ether oxygens (including phenoxy) is 1. The van der Waals surface area contributed by atoms with Crippen LogP contribution in [-0.2, 0) is 9.53 Å². The van der Waals surface area contributed by atoms with Crippen LogP contribution in [0.3, 0.4) is 0 Å². The minimum absolute atomic E-state index is 0.102. The van der Waals surface area contributed by atoms with Crippen molar-refractivity contribution < 1.29 is 19.1 Å². The van der Waals surface area contributed by atoms with Gasteiger partial charge in [-0.1, -0.05) is 86.6 Å². The van der Waals surface area contributed by atoms with Crippen LogP contribution in [0.15, 0.2) is 48.5 Å². The van der Waals surface area contributed by atoms with Crippen LogP contribution in [-0.4, -0.2) is 41.3 Å². The lowest BCUT2D eigenvalue weighted by atomic mass is 9.88. The number of benzene rings is 2. The fourth-order valence-corrected chi connectivity index (χ4v) is 5.42. The molecule has 2 aromatic carbocycles. The lowest BCUT2D eigenvalue weighted by Crippen LogP contribution is -2.50. The largest absolute Gasteiger partial charge is 0.452 e. The Morgan fingerprint density at radius 2 is 1.29 bits per heavy atom. The van der Waals surface area contributed by atoms with Gasteiger partial charge in [-0.15, -0.1) is 0 Å². The highest BCUT2D eigenvalue weighted by Gasteiger charge is 2.33. The number of rotatable bonds is 7. The Hall–Kier alpha value is -2.95. The zero-order valence-electron chi connectivity index (χ0n) is 20.1. The van der Waals surface area contributed by atoms with Crippen LogP contribution in [0, 0.1) is 6.92 Å². The van der Waals surface area contributed by atoms with Gasteiger partial charge in [0.1, 0.15) is 0 Å². The summed E-state index contributed by atoms with van der Waals surface area (Å²) in [6.45, 7) is 1.68. The van der Waals surface area contributed by atoms with E-state index in [1.165, 1.54) is 12.8 Å². The summed E-state index contributed by atoms with van der Waals surface area (Å²) < 4.78 is 5.52. The van der Waals surface area contributed by atoms with Gasteiger partial charge in [-0.2, -0.15) is 0 Å². The van der Waals surface area contributed by atoms with Crippen LogP contribution in [0.4, 0.5) is 0 Å². The number of aryl methyl sites for hydroxylation is 1. The summed E-state index contributed by atoms with van der Waals surface area (Å²) in [6.07, 6.45) is 11.2. The number of nitrogens with zero attached hydrogens (tertiary/aromatic N) is 1. The van der Waals surface area contributed by atoms with Crippen molar-refractivity contribution in [2.45, 2.75) is 83.2 Å². The van der Waals surface area contributed by atoms with Gasteiger partial charge in [-0.3, -0.25) is 9.59 Å². The van der Waals surface area contributed by atoms with Gasteiger partial charge in [0.2, 0.25) is 0 Å². The Morgan fingerprint density at radius 3 is 1.85 bits per heavy atom. The van der Waals surface area contributed by atoms with Crippen molar-refractivity contribution in [1.29, 1.82) is 0 Å². The second-order valence-corrected chi connectivity index (χ2v) is 9.70. The molecule has 4 rings (SSSR count). The zero-order valence-corrected chi connectivity index (χ0v) is 20.1. The average Bonchev–Trinajstić information content (AvgIpc) is 2.89. The van der Waals surface area contributed by atoms with Crippen molar-refractivity contribution in [3.63, 3.8) is 0 Å². The Balaban J connectivity index is 1.46. The lowest BCUT2D eigenvalue weighted by Gasteiger charge is -2.41. The lowest BCUT2D eigenvalue weighted by molar-refractivity contribution is -0.141. The van der Waals surface area contributed by atoms with Crippen molar-refractivity contribution in [2.75, 3.05) is 6.61 Å². The summed E-state index contributed by atoms with van der Waals surface area (Å²) >= 11 is 0. The fraction of sp³-hybridized carbons (Fsp3) is 0.483. The normalized spacial score (nSPS) is 17.2. The summed E-state index contributed by atoms with van der Waals surface area (Å²) in [5, 5.41) is 0. The highest BCUT2D eigenvalue weighted by Crippen LogP contribution is 2.30. The molecule has 2 aliphatic rings. The molecule has 0 aliphatic heterocycles. The monoisotopic (exact) mass is 461 g/mol. The van der Waals surface area contributed by atoms with E-state index in [0.717, 1.165) is 56.9 Å². The molecule has 2 aliphatic carbocycles. The molecule has 2 aromatic rings. The molecule has 0 spiro atoms.